The molecule has 0 unspecified atom stereocenters. The van der Waals surface area contributed by atoms with Gasteiger partial charge in [-0.05, 0) is 44.0 Å². The SMILES string of the molecule is CCOC(=O)c1ccc(C#CC2CC2)cc1. The fourth-order valence-electron chi connectivity index (χ4n) is 1.32. The zero-order chi connectivity index (χ0) is 11.4. The summed E-state index contributed by atoms with van der Waals surface area (Å²) < 4.78 is 4.90. The Morgan fingerprint density at radius 3 is 2.62 bits per heavy atom. The first kappa shape index (κ1) is 10.8. The summed E-state index contributed by atoms with van der Waals surface area (Å²) in [5.41, 5.74) is 1.54. The predicted molar refractivity (Wildman–Crippen MR) is 62.0 cm³/mol. The number of rotatable bonds is 2. The minimum Gasteiger partial charge on any atom is -0.462 e. The molecular weight excluding hydrogens is 200 g/mol. The second-order valence-corrected chi connectivity index (χ2v) is 3.84. The Hall–Kier alpha value is -1.75. The largest absolute Gasteiger partial charge is 0.462 e. The molecule has 82 valence electrons. The third kappa shape index (κ3) is 2.87. The van der Waals surface area contributed by atoms with Gasteiger partial charge in [0, 0.05) is 11.5 Å². The Morgan fingerprint density at radius 1 is 1.38 bits per heavy atom. The topological polar surface area (TPSA) is 26.3 Å². The molecule has 0 bridgehead atoms. The van der Waals surface area contributed by atoms with Crippen molar-refractivity contribution in [2.45, 2.75) is 19.8 Å². The zero-order valence-electron chi connectivity index (χ0n) is 9.32. The van der Waals surface area contributed by atoms with E-state index in [1.807, 2.05) is 12.1 Å². The minimum absolute atomic E-state index is 0.274. The van der Waals surface area contributed by atoms with Gasteiger partial charge in [0.2, 0.25) is 0 Å². The number of ether oxygens (including phenoxy) is 1. The summed E-state index contributed by atoms with van der Waals surface area (Å²) in [6, 6.07) is 7.24. The van der Waals surface area contributed by atoms with Crippen LogP contribution in [0.2, 0.25) is 0 Å². The van der Waals surface area contributed by atoms with Crippen LogP contribution in [0.15, 0.2) is 24.3 Å². The van der Waals surface area contributed by atoms with E-state index in [2.05, 4.69) is 11.8 Å². The molecule has 1 aliphatic rings. The molecule has 0 aromatic heterocycles. The molecule has 1 aromatic carbocycles. The van der Waals surface area contributed by atoms with Gasteiger partial charge < -0.3 is 4.74 Å². The molecule has 2 nitrogen and oxygen atoms in total. The van der Waals surface area contributed by atoms with Gasteiger partial charge in [-0.25, -0.2) is 4.79 Å². The fourth-order valence-corrected chi connectivity index (χ4v) is 1.32. The van der Waals surface area contributed by atoms with E-state index in [9.17, 15) is 4.79 Å². The van der Waals surface area contributed by atoms with E-state index in [1.165, 1.54) is 12.8 Å². The molecule has 0 aliphatic heterocycles. The number of hydrogen-bond donors (Lipinski definition) is 0. The zero-order valence-corrected chi connectivity index (χ0v) is 9.32. The van der Waals surface area contributed by atoms with Gasteiger partial charge in [0.05, 0.1) is 12.2 Å². The van der Waals surface area contributed by atoms with Gasteiger partial charge in [0.25, 0.3) is 0 Å². The lowest BCUT2D eigenvalue weighted by molar-refractivity contribution is 0.0526. The van der Waals surface area contributed by atoms with Crippen LogP contribution in [0.1, 0.15) is 35.7 Å². The Labute approximate surface area is 95.6 Å². The maximum atomic E-state index is 11.4. The number of benzene rings is 1. The lowest BCUT2D eigenvalue weighted by atomic mass is 10.1. The van der Waals surface area contributed by atoms with Crippen LogP contribution in [0.5, 0.6) is 0 Å². The molecule has 16 heavy (non-hydrogen) atoms. The van der Waals surface area contributed by atoms with Gasteiger partial charge in [0.1, 0.15) is 0 Å². The minimum atomic E-state index is -0.274. The van der Waals surface area contributed by atoms with E-state index >= 15 is 0 Å². The molecular formula is C14H14O2. The van der Waals surface area contributed by atoms with Crippen LogP contribution in [0, 0.1) is 17.8 Å². The molecule has 1 aromatic rings. The third-order valence-corrected chi connectivity index (χ3v) is 2.39. The van der Waals surface area contributed by atoms with E-state index in [4.69, 9.17) is 4.74 Å². The molecule has 0 radical (unpaired) electrons. The van der Waals surface area contributed by atoms with Crippen molar-refractivity contribution in [3.05, 3.63) is 35.4 Å². The van der Waals surface area contributed by atoms with Crippen molar-refractivity contribution < 1.29 is 9.53 Å². The first-order valence-electron chi connectivity index (χ1n) is 5.58. The van der Waals surface area contributed by atoms with Gasteiger partial charge in [-0.2, -0.15) is 0 Å². The summed E-state index contributed by atoms with van der Waals surface area (Å²) in [7, 11) is 0. The highest BCUT2D eigenvalue weighted by molar-refractivity contribution is 5.89. The van der Waals surface area contributed by atoms with E-state index in [0.29, 0.717) is 18.1 Å². The van der Waals surface area contributed by atoms with Crippen LogP contribution in [0.25, 0.3) is 0 Å². The first-order valence-corrected chi connectivity index (χ1v) is 5.58. The van der Waals surface area contributed by atoms with Gasteiger partial charge >= 0.3 is 5.97 Å². The number of carbonyl (C=O) groups excluding carboxylic acids is 1. The first-order chi connectivity index (χ1) is 7.79. The van der Waals surface area contributed by atoms with Crippen LogP contribution >= 0.6 is 0 Å². The summed E-state index contributed by atoms with van der Waals surface area (Å²) in [4.78, 5) is 11.4. The molecule has 0 amide bonds. The summed E-state index contributed by atoms with van der Waals surface area (Å²) in [6.07, 6.45) is 2.46. The van der Waals surface area contributed by atoms with Crippen molar-refractivity contribution in [3.8, 4) is 11.8 Å². The maximum Gasteiger partial charge on any atom is 0.338 e. The van der Waals surface area contributed by atoms with E-state index < -0.39 is 0 Å². The summed E-state index contributed by atoms with van der Waals surface area (Å²) in [5.74, 6) is 6.61. The van der Waals surface area contributed by atoms with Crippen LogP contribution in [0.3, 0.4) is 0 Å². The lowest BCUT2D eigenvalue weighted by Gasteiger charge is -2.00. The second kappa shape index (κ2) is 4.85. The monoisotopic (exact) mass is 214 g/mol. The molecule has 2 heteroatoms. The molecule has 0 atom stereocenters. The number of esters is 1. The molecule has 1 aliphatic carbocycles. The molecule has 0 heterocycles. The molecule has 1 saturated carbocycles. The predicted octanol–water partition coefficient (Wildman–Crippen LogP) is 2.62. The van der Waals surface area contributed by atoms with Crippen molar-refractivity contribution in [2.75, 3.05) is 6.61 Å². The van der Waals surface area contributed by atoms with Crippen molar-refractivity contribution in [1.29, 1.82) is 0 Å². The highest BCUT2D eigenvalue weighted by Crippen LogP contribution is 2.27. The quantitative estimate of drug-likeness (QED) is 0.558. The summed E-state index contributed by atoms with van der Waals surface area (Å²) >= 11 is 0. The number of carbonyl (C=O) groups is 1. The Morgan fingerprint density at radius 2 is 2.06 bits per heavy atom. The molecule has 1 fully saturated rings. The molecule has 0 spiro atoms. The Kier molecular flexibility index (Phi) is 3.26. The van der Waals surface area contributed by atoms with Crippen molar-refractivity contribution in [2.24, 2.45) is 5.92 Å². The average Bonchev–Trinajstić information content (AvgIpc) is 3.11. The van der Waals surface area contributed by atoms with Crippen molar-refractivity contribution >= 4 is 5.97 Å². The summed E-state index contributed by atoms with van der Waals surface area (Å²) in [5, 5.41) is 0. The standard InChI is InChI=1S/C14H14O2/c1-2-16-14(15)13-9-7-12(8-10-13)6-5-11-3-4-11/h7-11H,2-4H2,1H3. The van der Waals surface area contributed by atoms with E-state index in [0.717, 1.165) is 5.56 Å². The Balaban J connectivity index is 2.04. The van der Waals surface area contributed by atoms with E-state index in [-0.39, 0.29) is 5.97 Å². The van der Waals surface area contributed by atoms with Crippen molar-refractivity contribution in [1.82, 2.24) is 0 Å². The Bertz CT molecular complexity index is 430. The number of hydrogen-bond acceptors (Lipinski definition) is 2. The van der Waals surface area contributed by atoms with Gasteiger partial charge in [-0.3, -0.25) is 0 Å². The summed E-state index contributed by atoms with van der Waals surface area (Å²) in [6.45, 7) is 2.20. The average molecular weight is 214 g/mol. The normalized spacial score (nSPS) is 13.8. The maximum absolute atomic E-state index is 11.4. The van der Waals surface area contributed by atoms with Gasteiger partial charge in [-0.15, -0.1) is 0 Å². The lowest BCUT2D eigenvalue weighted by Crippen LogP contribution is -2.04. The van der Waals surface area contributed by atoms with Crippen LogP contribution in [0.4, 0.5) is 0 Å². The molecule has 0 N–H and O–H groups in total. The fraction of sp³-hybridized carbons (Fsp3) is 0.357. The van der Waals surface area contributed by atoms with Crippen LogP contribution in [-0.2, 0) is 4.74 Å². The molecule has 2 rings (SSSR count). The smallest absolute Gasteiger partial charge is 0.338 e. The van der Waals surface area contributed by atoms with Crippen LogP contribution in [-0.4, -0.2) is 12.6 Å². The highest BCUT2D eigenvalue weighted by atomic mass is 16.5. The van der Waals surface area contributed by atoms with Crippen molar-refractivity contribution in [3.63, 3.8) is 0 Å². The van der Waals surface area contributed by atoms with Crippen LogP contribution < -0.4 is 0 Å². The van der Waals surface area contributed by atoms with Gasteiger partial charge in [0.15, 0.2) is 0 Å². The highest BCUT2D eigenvalue weighted by Gasteiger charge is 2.17. The third-order valence-electron chi connectivity index (χ3n) is 2.39. The second-order valence-electron chi connectivity index (χ2n) is 3.84. The van der Waals surface area contributed by atoms with Gasteiger partial charge in [-0.1, -0.05) is 11.8 Å². The molecule has 0 saturated heterocycles. The van der Waals surface area contributed by atoms with E-state index in [1.54, 1.807) is 19.1 Å².